The van der Waals surface area contributed by atoms with Gasteiger partial charge in [0.05, 0.1) is 16.8 Å². The lowest BCUT2D eigenvalue weighted by Crippen LogP contribution is -2.29. The number of nitrogens with one attached hydrogen (secondary N) is 1. The number of aliphatic carboxylic acids is 1. The summed E-state index contributed by atoms with van der Waals surface area (Å²) in [4.78, 5) is 27.9. The zero-order chi connectivity index (χ0) is 33.0. The molecule has 4 heterocycles. The molecular formula is C28H21F9N6O2. The summed E-state index contributed by atoms with van der Waals surface area (Å²) in [6.45, 7) is 0.445. The van der Waals surface area contributed by atoms with E-state index < -0.39 is 35.6 Å². The van der Waals surface area contributed by atoms with Crippen molar-refractivity contribution in [1.29, 1.82) is 0 Å². The molecular weight excluding hydrogens is 623 g/mol. The molecule has 0 radical (unpaired) electrons. The number of rotatable bonds is 4. The smallest absolute Gasteiger partial charge is 0.475 e. The number of alkyl halides is 9. The minimum absolute atomic E-state index is 0.162. The van der Waals surface area contributed by atoms with Gasteiger partial charge in [-0.1, -0.05) is 0 Å². The standard InChI is InChI=1S/C26H20F6N6.C2HF3O2/c27-25(28,29)17-5-7-18(8-6-17)35-23-19-9-13-38(24-20(26(30,31)32)4-2-12-34-24)14-10-21(19)36-22(37-23)16-3-1-11-33-15-16;3-2(4,5)1(6)7/h1-8,11-12,15H,9-10,13-14H2,(H,35,36,37);(H,6,7). The van der Waals surface area contributed by atoms with Crippen molar-refractivity contribution < 1.29 is 49.4 Å². The molecule has 238 valence electrons. The van der Waals surface area contributed by atoms with E-state index in [1.807, 2.05) is 0 Å². The van der Waals surface area contributed by atoms with E-state index in [0.717, 1.165) is 18.2 Å². The van der Waals surface area contributed by atoms with E-state index in [1.54, 1.807) is 29.4 Å². The molecule has 4 aromatic rings. The number of hydrogen-bond acceptors (Lipinski definition) is 7. The van der Waals surface area contributed by atoms with Gasteiger partial charge in [-0.25, -0.2) is 19.7 Å². The molecule has 17 heteroatoms. The van der Waals surface area contributed by atoms with E-state index in [-0.39, 0.29) is 18.9 Å². The Kier molecular flexibility index (Phi) is 9.48. The van der Waals surface area contributed by atoms with Gasteiger partial charge in [0, 0.05) is 54.9 Å². The molecule has 45 heavy (non-hydrogen) atoms. The molecule has 3 aromatic heterocycles. The highest BCUT2D eigenvalue weighted by Crippen LogP contribution is 2.37. The van der Waals surface area contributed by atoms with E-state index in [1.165, 1.54) is 24.4 Å². The van der Waals surface area contributed by atoms with Gasteiger partial charge >= 0.3 is 24.5 Å². The predicted molar refractivity (Wildman–Crippen MR) is 143 cm³/mol. The number of benzene rings is 1. The number of aromatic nitrogens is 4. The third-order valence-corrected chi connectivity index (χ3v) is 6.37. The normalized spacial score (nSPS) is 13.7. The Hall–Kier alpha value is -4.96. The first-order chi connectivity index (χ1) is 21.0. The van der Waals surface area contributed by atoms with Crippen molar-refractivity contribution >= 4 is 23.3 Å². The van der Waals surface area contributed by atoms with E-state index in [4.69, 9.17) is 9.90 Å². The van der Waals surface area contributed by atoms with Crippen molar-refractivity contribution in [1.82, 2.24) is 19.9 Å². The SMILES string of the molecule is FC(F)(F)c1ccc(Nc2nc(-c3cccnc3)nc3c2CCN(c2ncccc2C(F)(F)F)CC3)cc1.O=C(O)C(F)(F)F. The summed E-state index contributed by atoms with van der Waals surface area (Å²) >= 11 is 0. The third-order valence-electron chi connectivity index (χ3n) is 6.37. The highest BCUT2D eigenvalue weighted by Gasteiger charge is 2.38. The van der Waals surface area contributed by atoms with Gasteiger partial charge in [0.2, 0.25) is 0 Å². The van der Waals surface area contributed by atoms with Crippen molar-refractivity contribution in [2.24, 2.45) is 0 Å². The molecule has 0 bridgehead atoms. The summed E-state index contributed by atoms with van der Waals surface area (Å²) in [5.74, 6) is -2.21. The molecule has 0 saturated carbocycles. The first kappa shape index (κ1) is 32.9. The second kappa shape index (κ2) is 13.0. The van der Waals surface area contributed by atoms with E-state index in [9.17, 15) is 39.5 Å². The van der Waals surface area contributed by atoms with Gasteiger partial charge in [-0.15, -0.1) is 0 Å². The van der Waals surface area contributed by atoms with E-state index in [2.05, 4.69) is 25.3 Å². The summed E-state index contributed by atoms with van der Waals surface area (Å²) in [5, 5.41) is 10.2. The van der Waals surface area contributed by atoms with Crippen LogP contribution in [0.15, 0.2) is 67.1 Å². The molecule has 5 rings (SSSR count). The van der Waals surface area contributed by atoms with Gasteiger partial charge in [-0.2, -0.15) is 39.5 Å². The highest BCUT2D eigenvalue weighted by molar-refractivity contribution is 5.73. The molecule has 0 fully saturated rings. The largest absolute Gasteiger partial charge is 0.490 e. The van der Waals surface area contributed by atoms with Crippen LogP contribution in [0, 0.1) is 0 Å². The van der Waals surface area contributed by atoms with Gasteiger partial charge < -0.3 is 15.3 Å². The number of anilines is 3. The lowest BCUT2D eigenvalue weighted by Gasteiger charge is -2.24. The van der Waals surface area contributed by atoms with Crippen molar-refractivity contribution in [3.8, 4) is 11.4 Å². The fraction of sp³-hybridized carbons (Fsp3) is 0.250. The molecule has 0 amide bonds. The van der Waals surface area contributed by atoms with Crippen molar-refractivity contribution in [3.63, 3.8) is 0 Å². The average Bonchev–Trinajstić information content (AvgIpc) is 3.20. The number of carbonyl (C=O) groups is 1. The van der Waals surface area contributed by atoms with Crippen LogP contribution in [0.4, 0.5) is 56.8 Å². The Morgan fingerprint density at radius 3 is 2.04 bits per heavy atom. The Balaban J connectivity index is 0.000000591. The van der Waals surface area contributed by atoms with Crippen LogP contribution in [-0.2, 0) is 30.0 Å². The minimum atomic E-state index is -5.08. The lowest BCUT2D eigenvalue weighted by molar-refractivity contribution is -0.192. The van der Waals surface area contributed by atoms with E-state index in [0.29, 0.717) is 47.0 Å². The van der Waals surface area contributed by atoms with Crippen LogP contribution >= 0.6 is 0 Å². The lowest BCUT2D eigenvalue weighted by atomic mass is 10.1. The second-order valence-corrected chi connectivity index (χ2v) is 9.43. The Morgan fingerprint density at radius 1 is 0.822 bits per heavy atom. The van der Waals surface area contributed by atoms with Crippen LogP contribution in [0.2, 0.25) is 0 Å². The molecule has 1 aliphatic rings. The van der Waals surface area contributed by atoms with Crippen LogP contribution in [-0.4, -0.2) is 50.3 Å². The fourth-order valence-corrected chi connectivity index (χ4v) is 4.29. The Labute approximate surface area is 248 Å². The number of pyridine rings is 2. The van der Waals surface area contributed by atoms with Crippen LogP contribution in [0.1, 0.15) is 22.4 Å². The fourth-order valence-electron chi connectivity index (χ4n) is 4.29. The first-order valence-electron chi connectivity index (χ1n) is 12.9. The second-order valence-electron chi connectivity index (χ2n) is 9.43. The number of carboxylic acid groups (broad SMARTS) is 1. The van der Waals surface area contributed by atoms with E-state index >= 15 is 0 Å². The molecule has 8 nitrogen and oxygen atoms in total. The molecule has 0 unspecified atom stereocenters. The van der Waals surface area contributed by atoms with Gasteiger partial charge in [0.1, 0.15) is 11.6 Å². The zero-order valence-electron chi connectivity index (χ0n) is 22.7. The summed E-state index contributed by atoms with van der Waals surface area (Å²) in [6.07, 6.45) is -9.03. The van der Waals surface area contributed by atoms with Crippen LogP contribution in [0.25, 0.3) is 11.4 Å². The number of fused-ring (bicyclic) bond motifs is 1. The number of hydrogen-bond donors (Lipinski definition) is 2. The number of nitrogens with zero attached hydrogens (tertiary/aromatic N) is 5. The van der Waals surface area contributed by atoms with Crippen molar-refractivity contribution in [2.75, 3.05) is 23.3 Å². The van der Waals surface area contributed by atoms with Crippen LogP contribution in [0.3, 0.4) is 0 Å². The number of carboxylic acids is 1. The topological polar surface area (TPSA) is 104 Å². The van der Waals surface area contributed by atoms with Crippen LogP contribution < -0.4 is 10.2 Å². The summed E-state index contributed by atoms with van der Waals surface area (Å²) in [6, 6.07) is 10.3. The summed E-state index contributed by atoms with van der Waals surface area (Å²) in [5.41, 5.74) is 0.685. The van der Waals surface area contributed by atoms with Crippen molar-refractivity contribution in [2.45, 2.75) is 31.4 Å². The quantitative estimate of drug-likeness (QED) is 0.230. The molecule has 1 aliphatic heterocycles. The average molecular weight is 644 g/mol. The minimum Gasteiger partial charge on any atom is -0.475 e. The van der Waals surface area contributed by atoms with Gasteiger partial charge in [0.25, 0.3) is 0 Å². The maximum absolute atomic E-state index is 13.6. The molecule has 1 aromatic carbocycles. The maximum atomic E-state index is 13.6. The van der Waals surface area contributed by atoms with Crippen LogP contribution in [0.5, 0.6) is 0 Å². The van der Waals surface area contributed by atoms with Crippen molar-refractivity contribution in [3.05, 3.63) is 89.5 Å². The molecule has 0 saturated heterocycles. The molecule has 0 spiro atoms. The van der Waals surface area contributed by atoms with Gasteiger partial charge in [-0.05, 0) is 55.0 Å². The van der Waals surface area contributed by atoms with Gasteiger partial charge in [0.15, 0.2) is 5.82 Å². The Bertz CT molecular complexity index is 1630. The predicted octanol–water partition coefficient (Wildman–Crippen LogP) is 6.95. The zero-order valence-corrected chi connectivity index (χ0v) is 22.7. The molecule has 0 aliphatic carbocycles. The molecule has 0 atom stereocenters. The summed E-state index contributed by atoms with van der Waals surface area (Å²) < 4.78 is 112. The monoisotopic (exact) mass is 644 g/mol. The highest BCUT2D eigenvalue weighted by atomic mass is 19.4. The molecule has 2 N–H and O–H groups in total. The maximum Gasteiger partial charge on any atom is 0.490 e. The third kappa shape index (κ3) is 8.36. The first-order valence-corrected chi connectivity index (χ1v) is 12.9. The Morgan fingerprint density at radius 2 is 1.47 bits per heavy atom. The summed E-state index contributed by atoms with van der Waals surface area (Å²) in [7, 11) is 0. The van der Waals surface area contributed by atoms with Gasteiger partial charge in [-0.3, -0.25) is 4.98 Å². The number of halogens is 9.